The first-order chi connectivity index (χ1) is 11.7. The summed E-state index contributed by atoms with van der Waals surface area (Å²) in [7, 11) is 0. The summed E-state index contributed by atoms with van der Waals surface area (Å²) in [5, 5.41) is 30.9. The number of hydrogen-bond acceptors (Lipinski definition) is 5. The van der Waals surface area contributed by atoms with Crippen LogP contribution in [0.5, 0.6) is 11.5 Å². The summed E-state index contributed by atoms with van der Waals surface area (Å²) >= 11 is 0. The van der Waals surface area contributed by atoms with E-state index in [1.807, 2.05) is 6.07 Å². The average molecular weight is 346 g/mol. The van der Waals surface area contributed by atoms with Gasteiger partial charge in [0, 0.05) is 29.2 Å². The summed E-state index contributed by atoms with van der Waals surface area (Å²) in [4.78, 5) is 12.9. The second-order valence-electron chi connectivity index (χ2n) is 8.71. The van der Waals surface area contributed by atoms with Crippen molar-refractivity contribution in [1.29, 1.82) is 0 Å². The van der Waals surface area contributed by atoms with Crippen LogP contribution in [0.3, 0.4) is 0 Å². The predicted molar refractivity (Wildman–Crippen MR) is 91.5 cm³/mol. The highest BCUT2D eigenvalue weighted by Crippen LogP contribution is 2.66. The molecule has 2 bridgehead atoms. The number of carbonyl (C=O) groups excluding carboxylic acids is 1. The number of hydrogen-bond donors (Lipinski definition) is 3. The van der Waals surface area contributed by atoms with E-state index in [-0.39, 0.29) is 47.4 Å². The largest absolute Gasteiger partial charge is 0.504 e. The van der Waals surface area contributed by atoms with Crippen LogP contribution in [0.25, 0.3) is 0 Å². The van der Waals surface area contributed by atoms with Gasteiger partial charge in [-0.15, -0.1) is 0 Å². The Morgan fingerprint density at radius 1 is 1.28 bits per heavy atom. The van der Waals surface area contributed by atoms with Crippen LogP contribution in [-0.4, -0.2) is 27.9 Å². The lowest BCUT2D eigenvalue weighted by atomic mass is 9.47. The van der Waals surface area contributed by atoms with Crippen molar-refractivity contribution in [1.82, 2.24) is 0 Å². The first-order valence-corrected chi connectivity index (χ1v) is 9.15. The smallest absolute Gasteiger partial charge is 0.317 e. The first kappa shape index (κ1) is 16.7. The van der Waals surface area contributed by atoms with Gasteiger partial charge in [0.05, 0.1) is 0 Å². The lowest BCUT2D eigenvalue weighted by Crippen LogP contribution is -2.59. The van der Waals surface area contributed by atoms with Gasteiger partial charge in [0.1, 0.15) is 11.5 Å². The Bertz CT molecular complexity index is 753. The minimum Gasteiger partial charge on any atom is -0.504 e. The van der Waals surface area contributed by atoms with E-state index in [9.17, 15) is 20.1 Å². The summed E-state index contributed by atoms with van der Waals surface area (Å²) in [6.45, 7) is 6.03. The monoisotopic (exact) mass is 346 g/mol. The third-order valence-electron chi connectivity index (χ3n) is 6.93. The number of phenolic OH excluding ortho intramolecular Hbond substituents is 2. The molecule has 0 radical (unpaired) electrons. The van der Waals surface area contributed by atoms with Crippen LogP contribution in [0, 0.1) is 11.3 Å². The summed E-state index contributed by atoms with van der Waals surface area (Å²) in [6.07, 6.45) is 2.94. The Labute approximate surface area is 147 Å². The number of aliphatic hydroxyl groups excluding tert-OH is 1. The van der Waals surface area contributed by atoms with Gasteiger partial charge in [-0.2, -0.15) is 0 Å². The molecule has 1 aromatic carbocycles. The molecule has 3 N–H and O–H groups in total. The topological polar surface area (TPSA) is 87.0 Å². The van der Waals surface area contributed by atoms with Crippen LogP contribution in [0.4, 0.5) is 0 Å². The molecule has 5 heteroatoms. The molecule has 0 aromatic heterocycles. The molecule has 1 aromatic rings. The van der Waals surface area contributed by atoms with Crippen molar-refractivity contribution in [2.45, 2.75) is 63.9 Å². The fourth-order valence-corrected chi connectivity index (χ4v) is 5.59. The van der Waals surface area contributed by atoms with Crippen molar-refractivity contribution in [2.75, 3.05) is 6.61 Å². The molecule has 2 aliphatic carbocycles. The molecule has 0 amide bonds. The number of benzene rings is 1. The maximum absolute atomic E-state index is 12.9. The second kappa shape index (κ2) is 5.13. The number of fused-ring (bicyclic) bond motifs is 1. The van der Waals surface area contributed by atoms with Gasteiger partial charge >= 0.3 is 5.97 Å². The van der Waals surface area contributed by atoms with Crippen molar-refractivity contribution >= 4 is 5.97 Å². The molecule has 5 nitrogen and oxygen atoms in total. The van der Waals surface area contributed by atoms with Crippen LogP contribution in [0.2, 0.25) is 0 Å². The van der Waals surface area contributed by atoms with Gasteiger partial charge in [0.15, 0.2) is 11.5 Å². The molecular formula is C20H26O5. The van der Waals surface area contributed by atoms with Crippen molar-refractivity contribution in [3.63, 3.8) is 0 Å². The number of aliphatic hydroxyl groups is 1. The molecule has 5 rings (SSSR count). The molecule has 25 heavy (non-hydrogen) atoms. The Balaban J connectivity index is 1.99. The minimum atomic E-state index is -0.867. The summed E-state index contributed by atoms with van der Waals surface area (Å²) in [5.41, 5.74) is 0.995. The molecular weight excluding hydrogens is 320 g/mol. The number of aromatic hydroxyl groups is 2. The van der Waals surface area contributed by atoms with Gasteiger partial charge < -0.3 is 20.1 Å². The summed E-state index contributed by atoms with van der Waals surface area (Å²) in [5.74, 6) is -0.872. The quantitative estimate of drug-likeness (QED) is 0.565. The molecule has 4 atom stereocenters. The molecule has 2 fully saturated rings. The van der Waals surface area contributed by atoms with E-state index in [1.165, 1.54) is 0 Å². The highest BCUT2D eigenvalue weighted by Gasteiger charge is 2.65. The lowest BCUT2D eigenvalue weighted by Gasteiger charge is -2.58. The minimum absolute atomic E-state index is 0.0211. The van der Waals surface area contributed by atoms with Crippen molar-refractivity contribution in [3.05, 3.63) is 22.8 Å². The zero-order valence-electron chi connectivity index (χ0n) is 15.0. The fraction of sp³-hybridized carbons (Fsp3) is 0.650. The van der Waals surface area contributed by atoms with Gasteiger partial charge in [-0.25, -0.2) is 0 Å². The third kappa shape index (κ3) is 1.96. The van der Waals surface area contributed by atoms with E-state index in [0.717, 1.165) is 24.8 Å². The van der Waals surface area contributed by atoms with Crippen LogP contribution < -0.4 is 0 Å². The Kier molecular flexibility index (Phi) is 3.43. The van der Waals surface area contributed by atoms with E-state index in [2.05, 4.69) is 13.8 Å². The van der Waals surface area contributed by atoms with Crippen molar-refractivity contribution < 1.29 is 24.9 Å². The van der Waals surface area contributed by atoms with Crippen LogP contribution in [0.1, 0.15) is 75.2 Å². The molecule has 1 spiro atoms. The van der Waals surface area contributed by atoms with Gasteiger partial charge in [-0.3, -0.25) is 4.79 Å². The average Bonchev–Trinajstić information content (AvgIpc) is 2.57. The van der Waals surface area contributed by atoms with Crippen LogP contribution >= 0.6 is 0 Å². The molecule has 1 saturated carbocycles. The highest BCUT2D eigenvalue weighted by molar-refractivity contribution is 5.89. The zero-order valence-corrected chi connectivity index (χ0v) is 15.0. The molecule has 4 aliphatic rings. The van der Waals surface area contributed by atoms with Crippen LogP contribution in [0.15, 0.2) is 6.07 Å². The Morgan fingerprint density at radius 3 is 2.68 bits per heavy atom. The summed E-state index contributed by atoms with van der Waals surface area (Å²) < 4.78 is 5.73. The summed E-state index contributed by atoms with van der Waals surface area (Å²) in [6, 6.07) is 1.82. The number of esters is 1. The highest BCUT2D eigenvalue weighted by atomic mass is 16.5. The number of phenols is 2. The van der Waals surface area contributed by atoms with Crippen molar-refractivity contribution in [3.8, 4) is 11.5 Å². The molecule has 1 saturated heterocycles. The molecule has 2 aliphatic heterocycles. The maximum Gasteiger partial charge on any atom is 0.317 e. The number of carbonyl (C=O) groups is 1. The fourth-order valence-electron chi connectivity index (χ4n) is 5.59. The Hall–Kier alpha value is -1.75. The van der Waals surface area contributed by atoms with Gasteiger partial charge in [-0.1, -0.05) is 27.2 Å². The molecule has 136 valence electrons. The molecule has 2 heterocycles. The van der Waals surface area contributed by atoms with Gasteiger partial charge in [-0.05, 0) is 36.7 Å². The first-order valence-electron chi connectivity index (χ1n) is 9.15. The van der Waals surface area contributed by atoms with E-state index < -0.39 is 5.41 Å². The van der Waals surface area contributed by atoms with Gasteiger partial charge in [0.25, 0.3) is 0 Å². The number of ether oxygens (including phenoxy) is 1. The van der Waals surface area contributed by atoms with Crippen molar-refractivity contribution in [2.24, 2.45) is 11.3 Å². The standard InChI is InChI=1S/C20H26O5/c1-10(9-21)11-7-12-13-8-14-19(2,3)5-4-6-20(14,18(24)25-13)15(12)17(23)16(11)22/h7,10,13-14,21-23H,4-6,8-9H2,1-3H3. The molecule has 4 unspecified atom stereocenters. The van der Waals surface area contributed by atoms with Crippen LogP contribution in [-0.2, 0) is 14.9 Å². The predicted octanol–water partition coefficient (Wildman–Crippen LogP) is 3.26. The van der Waals surface area contributed by atoms with Gasteiger partial charge in [0.2, 0.25) is 0 Å². The van der Waals surface area contributed by atoms with E-state index in [4.69, 9.17) is 4.74 Å². The lowest BCUT2D eigenvalue weighted by molar-refractivity contribution is -0.185. The van der Waals surface area contributed by atoms with E-state index in [1.54, 1.807) is 6.92 Å². The second-order valence-corrected chi connectivity index (χ2v) is 8.71. The maximum atomic E-state index is 12.9. The van der Waals surface area contributed by atoms with E-state index in [0.29, 0.717) is 17.5 Å². The van der Waals surface area contributed by atoms with E-state index >= 15 is 0 Å². The normalized spacial score (nSPS) is 33.4. The third-order valence-corrected chi connectivity index (χ3v) is 6.93. The SMILES string of the molecule is CC(CO)c1cc2c(c(O)c1O)C13CCCC(C)(C)C1CC2OC3=O. The Morgan fingerprint density at radius 2 is 2.00 bits per heavy atom. The number of rotatable bonds is 2. The zero-order chi connectivity index (χ0) is 18.1.